The van der Waals surface area contributed by atoms with E-state index in [0.717, 1.165) is 0 Å². The fourth-order valence-corrected chi connectivity index (χ4v) is 0.786. The second-order valence-corrected chi connectivity index (χ2v) is 1.82. The van der Waals surface area contributed by atoms with Crippen molar-refractivity contribution in [1.29, 1.82) is 0 Å². The number of aromatic nitrogens is 3. The zero-order valence-corrected chi connectivity index (χ0v) is 5.19. The first-order valence-electron chi connectivity index (χ1n) is 2.83. The van der Waals surface area contributed by atoms with Gasteiger partial charge in [-0.3, -0.25) is 0 Å². The molecule has 0 aromatic carbocycles. The van der Waals surface area contributed by atoms with Crippen molar-refractivity contribution in [3.05, 3.63) is 24.7 Å². The molecule has 0 fully saturated rings. The molecular weight excluding hydrogens is 130 g/mol. The number of nitrogens with zero attached hydrogens (tertiary/aromatic N) is 3. The van der Waals surface area contributed by atoms with Crippen LogP contribution < -0.4 is 0 Å². The van der Waals surface area contributed by atoms with E-state index in [-0.39, 0.29) is 0 Å². The molecule has 0 aliphatic rings. The van der Waals surface area contributed by atoms with Crippen LogP contribution in [0.1, 0.15) is 5.82 Å². The second-order valence-electron chi connectivity index (χ2n) is 1.82. The van der Waals surface area contributed by atoms with Crippen molar-refractivity contribution in [3.63, 3.8) is 0 Å². The molecule has 0 radical (unpaired) electrons. The van der Waals surface area contributed by atoms with Crippen molar-refractivity contribution in [2.24, 2.45) is 0 Å². The Bertz CT molecular complexity index is 360. The second kappa shape index (κ2) is 1.70. The molecule has 0 bridgehead atoms. The molecule has 2 aromatic rings. The monoisotopic (exact) mass is 135 g/mol. The summed E-state index contributed by atoms with van der Waals surface area (Å²) in [4.78, 5) is 0. The highest BCUT2D eigenvalue weighted by atomic mass is 16.5. The van der Waals surface area contributed by atoms with E-state index in [9.17, 15) is 0 Å². The summed E-state index contributed by atoms with van der Waals surface area (Å²) >= 11 is 0. The predicted octanol–water partition coefficient (Wildman–Crippen LogP) is 0.965. The Labute approximate surface area is 56.7 Å². The molecule has 0 amide bonds. The lowest BCUT2D eigenvalue weighted by atomic mass is 10.6. The summed E-state index contributed by atoms with van der Waals surface area (Å²) in [7, 11) is 0. The molecule has 0 unspecified atom stereocenters. The van der Waals surface area contributed by atoms with Gasteiger partial charge in [0.1, 0.15) is 6.26 Å². The van der Waals surface area contributed by atoms with Gasteiger partial charge in [0, 0.05) is 6.07 Å². The summed E-state index contributed by atoms with van der Waals surface area (Å²) in [5.74, 6) is 0.625. The highest BCUT2D eigenvalue weighted by molar-refractivity contribution is 5.43. The van der Waals surface area contributed by atoms with E-state index in [1.807, 2.05) is 0 Å². The Morgan fingerprint density at radius 3 is 3.30 bits per heavy atom. The SMILES string of the molecule is C=Cc1nnc2ccon12. The molecule has 0 aliphatic heterocycles. The Morgan fingerprint density at radius 2 is 2.50 bits per heavy atom. The molecule has 50 valence electrons. The van der Waals surface area contributed by atoms with Crippen molar-refractivity contribution in [2.45, 2.75) is 0 Å². The third kappa shape index (κ3) is 0.500. The van der Waals surface area contributed by atoms with Crippen LogP contribution in [0, 0.1) is 0 Å². The Morgan fingerprint density at radius 1 is 1.60 bits per heavy atom. The molecule has 0 atom stereocenters. The number of hydrogen-bond donors (Lipinski definition) is 0. The zero-order valence-electron chi connectivity index (χ0n) is 5.19. The van der Waals surface area contributed by atoms with E-state index in [2.05, 4.69) is 16.8 Å². The first-order valence-corrected chi connectivity index (χ1v) is 2.83. The number of hydrogen-bond acceptors (Lipinski definition) is 3. The average molecular weight is 135 g/mol. The van der Waals surface area contributed by atoms with Gasteiger partial charge in [0.2, 0.25) is 0 Å². The van der Waals surface area contributed by atoms with Crippen molar-refractivity contribution >= 4 is 11.7 Å². The van der Waals surface area contributed by atoms with Gasteiger partial charge in [0.25, 0.3) is 0 Å². The molecule has 0 saturated carbocycles. The van der Waals surface area contributed by atoms with Gasteiger partial charge in [-0.1, -0.05) is 6.58 Å². The fraction of sp³-hybridized carbons (Fsp3) is 0. The lowest BCUT2D eigenvalue weighted by Gasteiger charge is -1.81. The minimum atomic E-state index is 0.625. The molecule has 2 heterocycles. The molecule has 0 spiro atoms. The fourth-order valence-electron chi connectivity index (χ4n) is 0.786. The van der Waals surface area contributed by atoms with Crippen LogP contribution in [0.2, 0.25) is 0 Å². The highest BCUT2D eigenvalue weighted by Gasteiger charge is 2.01. The van der Waals surface area contributed by atoms with Gasteiger partial charge in [-0.2, -0.15) is 0 Å². The van der Waals surface area contributed by atoms with E-state index >= 15 is 0 Å². The molecule has 10 heavy (non-hydrogen) atoms. The van der Waals surface area contributed by atoms with Crippen LogP contribution in [0.25, 0.3) is 11.7 Å². The maximum Gasteiger partial charge on any atom is 0.196 e. The smallest absolute Gasteiger partial charge is 0.196 e. The number of rotatable bonds is 1. The summed E-state index contributed by atoms with van der Waals surface area (Å²) in [6.07, 6.45) is 3.14. The van der Waals surface area contributed by atoms with E-state index in [0.29, 0.717) is 11.5 Å². The topological polar surface area (TPSA) is 43.3 Å². The van der Waals surface area contributed by atoms with Crippen LogP contribution in [-0.4, -0.2) is 14.8 Å². The maximum absolute atomic E-state index is 5.00. The Hall–Kier alpha value is -1.58. The summed E-state index contributed by atoms with van der Waals surface area (Å²) < 4.78 is 6.51. The Balaban J connectivity index is 2.88. The standard InChI is InChI=1S/C6H5N3O/c1-2-5-7-8-6-3-4-10-9(5)6/h2-4H,1H2. The van der Waals surface area contributed by atoms with E-state index in [4.69, 9.17) is 4.52 Å². The largest absolute Gasteiger partial charge is 0.379 e. The van der Waals surface area contributed by atoms with Gasteiger partial charge in [-0.05, 0) is 6.08 Å². The van der Waals surface area contributed by atoms with E-state index in [1.165, 1.54) is 4.57 Å². The third-order valence-corrected chi connectivity index (χ3v) is 1.24. The van der Waals surface area contributed by atoms with Crippen molar-refractivity contribution in [1.82, 2.24) is 14.8 Å². The molecule has 4 nitrogen and oxygen atoms in total. The molecule has 2 aromatic heterocycles. The molecular formula is C6H5N3O. The first kappa shape index (κ1) is 5.22. The maximum atomic E-state index is 5.00. The summed E-state index contributed by atoms with van der Waals surface area (Å²) in [5.41, 5.74) is 0.704. The molecule has 2 rings (SSSR count). The highest BCUT2D eigenvalue weighted by Crippen LogP contribution is 2.03. The first-order chi connectivity index (χ1) is 4.92. The van der Waals surface area contributed by atoms with Gasteiger partial charge in [0.05, 0.1) is 0 Å². The lowest BCUT2D eigenvalue weighted by Crippen LogP contribution is -1.80. The van der Waals surface area contributed by atoms with Crippen LogP contribution in [-0.2, 0) is 0 Å². The van der Waals surface area contributed by atoms with Gasteiger partial charge in [-0.15, -0.1) is 14.8 Å². The molecule has 0 saturated heterocycles. The normalized spacial score (nSPS) is 10.4. The van der Waals surface area contributed by atoms with E-state index < -0.39 is 0 Å². The quantitative estimate of drug-likeness (QED) is 0.585. The average Bonchev–Trinajstić information content (AvgIpc) is 2.44. The van der Waals surface area contributed by atoms with Gasteiger partial charge >= 0.3 is 0 Å². The summed E-state index contributed by atoms with van der Waals surface area (Å²) in [6.45, 7) is 3.55. The lowest BCUT2D eigenvalue weighted by molar-refractivity contribution is 0.373. The van der Waals surface area contributed by atoms with Crippen molar-refractivity contribution in [3.8, 4) is 0 Å². The van der Waals surface area contributed by atoms with E-state index in [1.54, 1.807) is 18.4 Å². The van der Waals surface area contributed by atoms with Gasteiger partial charge < -0.3 is 4.52 Å². The molecule has 4 heteroatoms. The van der Waals surface area contributed by atoms with Crippen molar-refractivity contribution in [2.75, 3.05) is 0 Å². The van der Waals surface area contributed by atoms with Crippen LogP contribution >= 0.6 is 0 Å². The summed E-state index contributed by atoms with van der Waals surface area (Å²) in [5, 5.41) is 7.57. The van der Waals surface area contributed by atoms with Crippen molar-refractivity contribution < 1.29 is 4.52 Å². The van der Waals surface area contributed by atoms with Crippen LogP contribution in [0.3, 0.4) is 0 Å². The summed E-state index contributed by atoms with van der Waals surface area (Å²) in [6, 6.07) is 1.74. The van der Waals surface area contributed by atoms with Crippen LogP contribution in [0.4, 0.5) is 0 Å². The minimum absolute atomic E-state index is 0.625. The minimum Gasteiger partial charge on any atom is -0.379 e. The molecule has 0 aliphatic carbocycles. The zero-order chi connectivity index (χ0) is 6.97. The predicted molar refractivity (Wildman–Crippen MR) is 35.3 cm³/mol. The van der Waals surface area contributed by atoms with Gasteiger partial charge in [0.15, 0.2) is 11.5 Å². The Kier molecular flexibility index (Phi) is 0.887. The van der Waals surface area contributed by atoms with Gasteiger partial charge in [-0.25, -0.2) is 0 Å². The number of fused-ring (bicyclic) bond motifs is 1. The molecule has 0 N–H and O–H groups in total. The van der Waals surface area contributed by atoms with Crippen LogP contribution in [0.15, 0.2) is 23.4 Å². The third-order valence-electron chi connectivity index (χ3n) is 1.24. The van der Waals surface area contributed by atoms with Crippen LogP contribution in [0.5, 0.6) is 0 Å².